The zero-order valence-corrected chi connectivity index (χ0v) is 16.6. The highest BCUT2D eigenvalue weighted by Gasteiger charge is 2.17. The van der Waals surface area contributed by atoms with Crippen molar-refractivity contribution < 1.29 is 13.9 Å². The maximum atomic E-state index is 14.2. The van der Waals surface area contributed by atoms with E-state index in [2.05, 4.69) is 15.4 Å². The lowest BCUT2D eigenvalue weighted by Crippen LogP contribution is -2.15. The minimum atomic E-state index is -0.659. The second-order valence-electron chi connectivity index (χ2n) is 6.90. The fourth-order valence-electron chi connectivity index (χ4n) is 2.88. The van der Waals surface area contributed by atoms with Crippen molar-refractivity contribution in [2.75, 3.05) is 11.9 Å². The van der Waals surface area contributed by atoms with E-state index in [0.29, 0.717) is 23.9 Å². The van der Waals surface area contributed by atoms with Crippen LogP contribution in [0.15, 0.2) is 42.5 Å². The molecule has 1 heterocycles. The Kier molecular flexibility index (Phi) is 6.23. The second-order valence-corrected chi connectivity index (χ2v) is 6.90. The Morgan fingerprint density at radius 3 is 2.52 bits per heavy atom. The molecular weight excluding hydrogens is 373 g/mol. The molecule has 0 unspecified atom stereocenters. The minimum Gasteiger partial charge on any atom is -0.457 e. The van der Waals surface area contributed by atoms with Crippen LogP contribution in [0.4, 0.5) is 10.3 Å². The number of nitrogens with two attached hydrogens (primary N) is 1. The predicted octanol–water partition coefficient (Wildman–Crippen LogP) is 3.85. The van der Waals surface area contributed by atoms with E-state index in [0.717, 1.165) is 12.0 Å². The van der Waals surface area contributed by atoms with Crippen LogP contribution in [-0.4, -0.2) is 27.2 Å². The van der Waals surface area contributed by atoms with Crippen LogP contribution in [0, 0.1) is 12.7 Å². The van der Waals surface area contributed by atoms with Crippen molar-refractivity contribution in [2.45, 2.75) is 33.2 Å². The fraction of sp³-hybridized carbons (Fsp3) is 0.286. The van der Waals surface area contributed by atoms with E-state index in [1.165, 1.54) is 18.2 Å². The van der Waals surface area contributed by atoms with Crippen LogP contribution in [0.3, 0.4) is 0 Å². The van der Waals surface area contributed by atoms with E-state index in [4.69, 9.17) is 10.5 Å². The van der Waals surface area contributed by atoms with Gasteiger partial charge in [-0.25, -0.2) is 9.07 Å². The van der Waals surface area contributed by atoms with Crippen molar-refractivity contribution in [1.29, 1.82) is 0 Å². The van der Waals surface area contributed by atoms with E-state index in [1.54, 1.807) is 23.7 Å². The minimum absolute atomic E-state index is 0.0952. The smallest absolute Gasteiger partial charge is 0.261 e. The van der Waals surface area contributed by atoms with Crippen molar-refractivity contribution in [3.05, 3.63) is 65.2 Å². The van der Waals surface area contributed by atoms with Crippen LogP contribution >= 0.6 is 0 Å². The molecule has 0 bridgehead atoms. The van der Waals surface area contributed by atoms with Gasteiger partial charge in [-0.1, -0.05) is 12.1 Å². The summed E-state index contributed by atoms with van der Waals surface area (Å²) in [6, 6.07) is 11.5. The molecule has 152 valence electrons. The average Bonchev–Trinajstić information content (AvgIpc) is 3.05. The van der Waals surface area contributed by atoms with E-state index < -0.39 is 11.7 Å². The van der Waals surface area contributed by atoms with Gasteiger partial charge in [-0.2, -0.15) is 4.98 Å². The number of hydrogen-bond donors (Lipinski definition) is 2. The Bertz CT molecular complexity index is 999. The van der Waals surface area contributed by atoms with Gasteiger partial charge < -0.3 is 10.5 Å². The number of carbonyl (C=O) groups is 1. The molecule has 29 heavy (non-hydrogen) atoms. The monoisotopic (exact) mass is 397 g/mol. The van der Waals surface area contributed by atoms with Crippen molar-refractivity contribution in [3.63, 3.8) is 0 Å². The first kappa shape index (κ1) is 20.5. The highest BCUT2D eigenvalue weighted by atomic mass is 19.1. The summed E-state index contributed by atoms with van der Waals surface area (Å²) in [5.74, 6) is 0.408. The SMILES string of the molecule is Cc1nc(NC(=O)c2cc(Oc3ccc(CCN)cc3)ccc2F)nn1C(C)C. The zero-order chi connectivity index (χ0) is 21.0. The molecule has 3 rings (SSSR count). The lowest BCUT2D eigenvalue weighted by atomic mass is 10.1. The lowest BCUT2D eigenvalue weighted by Gasteiger charge is -2.09. The first-order valence-electron chi connectivity index (χ1n) is 9.38. The molecule has 0 atom stereocenters. The first-order valence-corrected chi connectivity index (χ1v) is 9.38. The molecule has 0 aliphatic carbocycles. The second kappa shape index (κ2) is 8.83. The number of nitrogens with zero attached hydrogens (tertiary/aromatic N) is 3. The molecule has 1 aromatic heterocycles. The first-order chi connectivity index (χ1) is 13.9. The number of amides is 1. The van der Waals surface area contributed by atoms with Gasteiger partial charge in [0.25, 0.3) is 5.91 Å². The summed E-state index contributed by atoms with van der Waals surface area (Å²) in [6.07, 6.45) is 0.779. The van der Waals surface area contributed by atoms with Gasteiger partial charge in [0.15, 0.2) is 0 Å². The molecule has 0 fully saturated rings. The zero-order valence-electron chi connectivity index (χ0n) is 16.6. The van der Waals surface area contributed by atoms with Crippen LogP contribution < -0.4 is 15.8 Å². The number of nitrogens with one attached hydrogen (secondary N) is 1. The van der Waals surface area contributed by atoms with Gasteiger partial charge in [0, 0.05) is 6.04 Å². The number of benzene rings is 2. The number of anilines is 1. The van der Waals surface area contributed by atoms with Crippen molar-refractivity contribution in [3.8, 4) is 11.5 Å². The Morgan fingerprint density at radius 1 is 1.21 bits per heavy atom. The molecule has 0 spiro atoms. The van der Waals surface area contributed by atoms with Gasteiger partial charge in [-0.05, 0) is 69.6 Å². The molecule has 0 aliphatic rings. The van der Waals surface area contributed by atoms with Gasteiger partial charge >= 0.3 is 0 Å². The largest absolute Gasteiger partial charge is 0.457 e. The van der Waals surface area contributed by atoms with E-state index >= 15 is 0 Å². The maximum Gasteiger partial charge on any atom is 0.261 e. The quantitative estimate of drug-likeness (QED) is 0.631. The molecule has 3 N–H and O–H groups in total. The molecule has 0 radical (unpaired) electrons. The van der Waals surface area contributed by atoms with Gasteiger partial charge in [-0.15, -0.1) is 5.10 Å². The summed E-state index contributed by atoms with van der Waals surface area (Å²) in [5.41, 5.74) is 6.49. The van der Waals surface area contributed by atoms with Gasteiger partial charge in [0.2, 0.25) is 5.95 Å². The highest BCUT2D eigenvalue weighted by molar-refractivity contribution is 6.03. The molecule has 0 saturated carbocycles. The van der Waals surface area contributed by atoms with Crippen LogP contribution in [0.5, 0.6) is 11.5 Å². The van der Waals surface area contributed by atoms with Crippen LogP contribution in [0.1, 0.15) is 41.6 Å². The number of aryl methyl sites for hydroxylation is 1. The number of ether oxygens (including phenoxy) is 1. The summed E-state index contributed by atoms with van der Waals surface area (Å²) in [4.78, 5) is 16.7. The van der Waals surface area contributed by atoms with Crippen LogP contribution in [-0.2, 0) is 6.42 Å². The molecule has 8 heteroatoms. The third-order valence-corrected chi connectivity index (χ3v) is 4.29. The van der Waals surface area contributed by atoms with Crippen molar-refractivity contribution >= 4 is 11.9 Å². The Morgan fingerprint density at radius 2 is 1.90 bits per heavy atom. The van der Waals surface area contributed by atoms with Crippen molar-refractivity contribution in [1.82, 2.24) is 14.8 Å². The van der Waals surface area contributed by atoms with Crippen molar-refractivity contribution in [2.24, 2.45) is 5.73 Å². The summed E-state index contributed by atoms with van der Waals surface area (Å²) >= 11 is 0. The number of aromatic nitrogens is 3. The van der Waals surface area contributed by atoms with Gasteiger partial charge in [0.1, 0.15) is 23.1 Å². The third kappa shape index (κ3) is 4.97. The van der Waals surface area contributed by atoms with Crippen LogP contribution in [0.25, 0.3) is 0 Å². The number of hydrogen-bond acceptors (Lipinski definition) is 5. The summed E-state index contributed by atoms with van der Waals surface area (Å²) in [7, 11) is 0. The van der Waals surface area contributed by atoms with E-state index in [1.807, 2.05) is 26.0 Å². The normalized spacial score (nSPS) is 11.0. The maximum absolute atomic E-state index is 14.2. The predicted molar refractivity (Wildman–Crippen MR) is 109 cm³/mol. The van der Waals surface area contributed by atoms with Gasteiger partial charge in [-0.3, -0.25) is 10.1 Å². The molecule has 0 saturated heterocycles. The van der Waals surface area contributed by atoms with E-state index in [-0.39, 0.29) is 17.6 Å². The molecule has 3 aromatic rings. The standard InChI is InChI=1S/C21H24FN5O2/c1-13(2)27-14(3)24-21(26-27)25-20(28)18-12-17(8-9-19(18)22)29-16-6-4-15(5-7-16)10-11-23/h4-9,12-13H,10-11,23H2,1-3H3,(H,25,26,28). The van der Waals surface area contributed by atoms with E-state index in [9.17, 15) is 9.18 Å². The van der Waals surface area contributed by atoms with Gasteiger partial charge in [0.05, 0.1) is 5.56 Å². The summed E-state index contributed by atoms with van der Waals surface area (Å²) in [5, 5.41) is 6.77. The average molecular weight is 397 g/mol. The lowest BCUT2D eigenvalue weighted by molar-refractivity contribution is 0.102. The number of halogens is 1. The molecule has 7 nitrogen and oxygen atoms in total. The Hall–Kier alpha value is -3.26. The Balaban J connectivity index is 1.75. The summed E-state index contributed by atoms with van der Waals surface area (Å²) < 4.78 is 21.7. The molecular formula is C21H24FN5O2. The molecule has 1 amide bonds. The number of carbonyl (C=O) groups excluding carboxylic acids is 1. The molecule has 0 aliphatic heterocycles. The summed E-state index contributed by atoms with van der Waals surface area (Å²) in [6.45, 7) is 6.27. The fourth-order valence-corrected chi connectivity index (χ4v) is 2.88. The number of rotatable bonds is 7. The third-order valence-electron chi connectivity index (χ3n) is 4.29. The topological polar surface area (TPSA) is 95.1 Å². The van der Waals surface area contributed by atoms with Crippen LogP contribution in [0.2, 0.25) is 0 Å². The Labute approximate surface area is 168 Å². The molecule has 2 aromatic carbocycles. The highest BCUT2D eigenvalue weighted by Crippen LogP contribution is 2.24.